The number of hydrogen-bond acceptors (Lipinski definition) is 3. The molecule has 0 aliphatic carbocycles. The van der Waals surface area contributed by atoms with Gasteiger partial charge in [0, 0.05) is 13.0 Å². The van der Waals surface area contributed by atoms with E-state index in [0.29, 0.717) is 11.8 Å². The van der Waals surface area contributed by atoms with Gasteiger partial charge in [-0.25, -0.2) is 9.97 Å². The van der Waals surface area contributed by atoms with Gasteiger partial charge in [0.15, 0.2) is 0 Å². The van der Waals surface area contributed by atoms with E-state index in [0.717, 1.165) is 16.0 Å². The van der Waals surface area contributed by atoms with Gasteiger partial charge in [-0.05, 0) is 22.9 Å². The van der Waals surface area contributed by atoms with E-state index in [9.17, 15) is 0 Å². The highest BCUT2D eigenvalue weighted by Gasteiger charge is 2.12. The number of hydrogen-bond donors (Lipinski definition) is 0. The number of aryl methyl sites for hydroxylation is 1. The van der Waals surface area contributed by atoms with Crippen LogP contribution in [0.1, 0.15) is 24.4 Å². The lowest BCUT2D eigenvalue weighted by Gasteiger charge is -2.10. The van der Waals surface area contributed by atoms with Crippen molar-refractivity contribution in [3.05, 3.63) is 21.1 Å². The van der Waals surface area contributed by atoms with Crippen LogP contribution in [0.15, 0.2) is 4.47 Å². The third-order valence-electron chi connectivity index (χ3n) is 1.85. The molecule has 0 aromatic carbocycles. The molecule has 1 heterocycles. The first kappa shape index (κ1) is 11.9. The molecule has 0 saturated heterocycles. The molecule has 0 saturated carbocycles. The van der Waals surface area contributed by atoms with Crippen LogP contribution < -0.4 is 0 Å². The van der Waals surface area contributed by atoms with Gasteiger partial charge in [0.05, 0.1) is 16.8 Å². The van der Waals surface area contributed by atoms with Gasteiger partial charge in [0.25, 0.3) is 0 Å². The summed E-state index contributed by atoms with van der Waals surface area (Å²) in [4.78, 5) is 8.51. The molecule has 1 aromatic rings. The molecule has 1 rings (SSSR count). The fraction of sp³-hybridized carbons (Fsp3) is 0.556. The molecular weight excluding hydrogens is 267 g/mol. The third kappa shape index (κ3) is 2.65. The Labute approximate surface area is 97.0 Å². The normalized spacial score (nSPS) is 12.9. The van der Waals surface area contributed by atoms with Crippen LogP contribution in [0.5, 0.6) is 0 Å². The second kappa shape index (κ2) is 5.05. The van der Waals surface area contributed by atoms with Gasteiger partial charge >= 0.3 is 0 Å². The average molecular weight is 280 g/mol. The van der Waals surface area contributed by atoms with Crippen molar-refractivity contribution in [2.45, 2.75) is 19.8 Å². The molecule has 3 nitrogen and oxygen atoms in total. The predicted octanol–water partition coefficient (Wildman–Crippen LogP) is 2.95. The summed E-state index contributed by atoms with van der Waals surface area (Å²) in [6.07, 6.45) is 0. The maximum absolute atomic E-state index is 5.92. The van der Waals surface area contributed by atoms with Gasteiger partial charge in [-0.1, -0.05) is 18.5 Å². The zero-order valence-corrected chi connectivity index (χ0v) is 10.7. The van der Waals surface area contributed by atoms with Gasteiger partial charge in [-0.15, -0.1) is 0 Å². The number of methoxy groups -OCH3 is 1. The minimum absolute atomic E-state index is 0.157. The molecule has 1 atom stereocenters. The Balaban J connectivity index is 3.00. The second-order valence-corrected chi connectivity index (χ2v) is 4.28. The predicted molar refractivity (Wildman–Crippen MR) is 59.8 cm³/mol. The number of halogens is 2. The summed E-state index contributed by atoms with van der Waals surface area (Å²) >= 11 is 9.24. The Morgan fingerprint density at radius 3 is 2.64 bits per heavy atom. The molecule has 0 amide bonds. The smallest absolute Gasteiger partial charge is 0.147 e. The quantitative estimate of drug-likeness (QED) is 0.798. The summed E-state index contributed by atoms with van der Waals surface area (Å²) in [6, 6.07) is 0. The summed E-state index contributed by atoms with van der Waals surface area (Å²) < 4.78 is 5.79. The van der Waals surface area contributed by atoms with Gasteiger partial charge in [0.2, 0.25) is 0 Å². The molecule has 1 aromatic heterocycles. The molecular formula is C9H12BrClN2O. The Kier molecular flexibility index (Phi) is 4.29. The summed E-state index contributed by atoms with van der Waals surface area (Å²) in [5.41, 5.74) is 0.850. The van der Waals surface area contributed by atoms with Crippen molar-refractivity contribution in [2.75, 3.05) is 13.7 Å². The lowest BCUT2D eigenvalue weighted by Crippen LogP contribution is -2.08. The Hall–Kier alpha value is -0.190. The van der Waals surface area contributed by atoms with Crippen molar-refractivity contribution in [1.29, 1.82) is 0 Å². The van der Waals surface area contributed by atoms with Gasteiger partial charge in [-0.2, -0.15) is 0 Å². The first-order chi connectivity index (χ1) is 6.56. The zero-order valence-electron chi connectivity index (χ0n) is 8.34. The summed E-state index contributed by atoms with van der Waals surface area (Å²) in [6.45, 7) is 4.49. The monoisotopic (exact) mass is 278 g/mol. The molecule has 0 fully saturated rings. The molecule has 1 unspecified atom stereocenters. The van der Waals surface area contributed by atoms with E-state index in [1.807, 2.05) is 13.8 Å². The first-order valence-corrected chi connectivity index (χ1v) is 5.41. The van der Waals surface area contributed by atoms with Crippen molar-refractivity contribution >= 4 is 27.5 Å². The molecule has 0 bridgehead atoms. The molecule has 0 radical (unpaired) electrons. The van der Waals surface area contributed by atoms with Gasteiger partial charge < -0.3 is 4.74 Å². The highest BCUT2D eigenvalue weighted by atomic mass is 79.9. The van der Waals surface area contributed by atoms with Crippen LogP contribution >= 0.6 is 27.5 Å². The van der Waals surface area contributed by atoms with Gasteiger partial charge in [-0.3, -0.25) is 0 Å². The van der Waals surface area contributed by atoms with Crippen LogP contribution in [0.4, 0.5) is 0 Å². The van der Waals surface area contributed by atoms with Crippen LogP contribution in [0.3, 0.4) is 0 Å². The van der Waals surface area contributed by atoms with E-state index in [1.165, 1.54) is 0 Å². The Morgan fingerprint density at radius 1 is 1.50 bits per heavy atom. The molecule has 5 heteroatoms. The zero-order chi connectivity index (χ0) is 10.7. The molecule has 0 aliphatic heterocycles. The number of ether oxygens (including phenoxy) is 1. The molecule has 0 spiro atoms. The fourth-order valence-corrected chi connectivity index (χ4v) is 1.49. The van der Waals surface area contributed by atoms with Crippen molar-refractivity contribution in [3.8, 4) is 0 Å². The fourth-order valence-electron chi connectivity index (χ4n) is 1.09. The molecule has 0 aliphatic rings. The molecule has 0 N–H and O–H groups in total. The molecule has 78 valence electrons. The van der Waals surface area contributed by atoms with Crippen LogP contribution in [-0.4, -0.2) is 23.7 Å². The topological polar surface area (TPSA) is 35.0 Å². The largest absolute Gasteiger partial charge is 0.384 e. The van der Waals surface area contributed by atoms with E-state index in [-0.39, 0.29) is 5.92 Å². The van der Waals surface area contributed by atoms with Crippen LogP contribution in [-0.2, 0) is 4.74 Å². The summed E-state index contributed by atoms with van der Waals surface area (Å²) in [5.74, 6) is 0.877. The number of aromatic nitrogens is 2. The number of rotatable bonds is 3. The summed E-state index contributed by atoms with van der Waals surface area (Å²) in [7, 11) is 1.66. The van der Waals surface area contributed by atoms with E-state index in [2.05, 4.69) is 25.9 Å². The maximum atomic E-state index is 5.92. The highest BCUT2D eigenvalue weighted by Crippen LogP contribution is 2.24. The second-order valence-electron chi connectivity index (χ2n) is 3.13. The Bertz CT molecular complexity index is 310. The van der Waals surface area contributed by atoms with Gasteiger partial charge in [0.1, 0.15) is 11.0 Å². The highest BCUT2D eigenvalue weighted by molar-refractivity contribution is 9.10. The van der Waals surface area contributed by atoms with E-state index in [4.69, 9.17) is 16.3 Å². The third-order valence-corrected chi connectivity index (χ3v) is 3.30. The SMILES string of the molecule is COCC(C)c1nc(C)c(Br)c(Cl)n1. The number of nitrogens with zero attached hydrogens (tertiary/aromatic N) is 2. The minimum Gasteiger partial charge on any atom is -0.384 e. The van der Waals surface area contributed by atoms with Crippen LogP contribution in [0.25, 0.3) is 0 Å². The van der Waals surface area contributed by atoms with Crippen molar-refractivity contribution < 1.29 is 4.74 Å². The maximum Gasteiger partial charge on any atom is 0.147 e. The van der Waals surface area contributed by atoms with Crippen molar-refractivity contribution in [2.24, 2.45) is 0 Å². The lowest BCUT2D eigenvalue weighted by molar-refractivity contribution is 0.181. The van der Waals surface area contributed by atoms with E-state index in [1.54, 1.807) is 7.11 Å². The Morgan fingerprint density at radius 2 is 2.14 bits per heavy atom. The average Bonchev–Trinajstić information content (AvgIpc) is 2.13. The first-order valence-electron chi connectivity index (χ1n) is 4.24. The minimum atomic E-state index is 0.157. The van der Waals surface area contributed by atoms with Crippen LogP contribution in [0, 0.1) is 6.92 Å². The van der Waals surface area contributed by atoms with Crippen molar-refractivity contribution in [1.82, 2.24) is 9.97 Å². The van der Waals surface area contributed by atoms with Crippen molar-refractivity contribution in [3.63, 3.8) is 0 Å². The lowest BCUT2D eigenvalue weighted by atomic mass is 10.2. The van der Waals surface area contributed by atoms with Crippen LogP contribution in [0.2, 0.25) is 5.15 Å². The summed E-state index contributed by atoms with van der Waals surface area (Å²) in [5, 5.41) is 0.454. The molecule has 14 heavy (non-hydrogen) atoms. The van der Waals surface area contributed by atoms with E-state index >= 15 is 0 Å². The van der Waals surface area contributed by atoms with E-state index < -0.39 is 0 Å². The standard InChI is InChI=1S/C9H12BrClN2O/c1-5(4-14-3)9-12-6(2)7(10)8(11)13-9/h5H,4H2,1-3H3.